The van der Waals surface area contributed by atoms with E-state index in [1.54, 1.807) is 25.1 Å². The van der Waals surface area contributed by atoms with Gasteiger partial charge >= 0.3 is 0 Å². The first-order valence-electron chi connectivity index (χ1n) is 7.06. The van der Waals surface area contributed by atoms with Crippen LogP contribution in [0.3, 0.4) is 0 Å². The number of pyridine rings is 1. The molecule has 3 amide bonds. The molecule has 1 aliphatic heterocycles. The van der Waals surface area contributed by atoms with Gasteiger partial charge in [-0.05, 0) is 31.3 Å². The minimum absolute atomic E-state index is 0.103. The number of nitrogens with one attached hydrogen (secondary N) is 2. The number of nitrogens with zero attached hydrogens (tertiary/aromatic N) is 3. The molecule has 0 radical (unpaired) electrons. The minimum atomic E-state index is -0.866. The van der Waals surface area contributed by atoms with Crippen molar-refractivity contribution in [2.45, 2.75) is 19.4 Å². The van der Waals surface area contributed by atoms with E-state index in [0.717, 1.165) is 0 Å². The largest absolute Gasteiger partial charge is 0.359 e. The summed E-state index contributed by atoms with van der Waals surface area (Å²) in [7, 11) is 1.48. The molecule has 1 fully saturated rings. The molecule has 2 N–H and O–H groups in total. The van der Waals surface area contributed by atoms with Crippen LogP contribution in [0.1, 0.15) is 23.8 Å². The van der Waals surface area contributed by atoms with Crippen LogP contribution in [-0.2, 0) is 9.59 Å². The van der Waals surface area contributed by atoms with Crippen LogP contribution < -0.4 is 10.7 Å². The Morgan fingerprint density at radius 1 is 1.39 bits per heavy atom. The van der Waals surface area contributed by atoms with Crippen LogP contribution in [0.15, 0.2) is 24.4 Å². The van der Waals surface area contributed by atoms with Crippen LogP contribution in [0.25, 0.3) is 0 Å². The molecule has 0 bridgehead atoms. The first-order chi connectivity index (χ1) is 11.0. The molecule has 8 nitrogen and oxygen atoms in total. The number of carbonyl (C=O) groups is 3. The second-order valence-corrected chi connectivity index (χ2v) is 5.15. The standard InChI is InChI=1S/C14H17N5O3S/c1-3-18-13(22)10(8-11(20)15-2)19(14(18)23)17-12(21)9-6-4-5-7-16-9/h4-7,10H,3,8H2,1-2H3,(H,15,20)(H,17,21). The predicted octanol–water partition coefficient (Wildman–Crippen LogP) is -0.320. The number of aromatic nitrogens is 1. The minimum Gasteiger partial charge on any atom is -0.359 e. The summed E-state index contributed by atoms with van der Waals surface area (Å²) in [5.41, 5.74) is 2.76. The van der Waals surface area contributed by atoms with Gasteiger partial charge in [-0.25, -0.2) is 5.01 Å². The molecule has 0 aliphatic carbocycles. The topological polar surface area (TPSA) is 94.6 Å². The molecule has 1 aromatic rings. The highest BCUT2D eigenvalue weighted by Gasteiger charge is 2.43. The highest BCUT2D eigenvalue weighted by Crippen LogP contribution is 2.18. The van der Waals surface area contributed by atoms with Gasteiger partial charge in [0.2, 0.25) is 5.91 Å². The summed E-state index contributed by atoms with van der Waals surface area (Å²) in [4.78, 5) is 41.6. The van der Waals surface area contributed by atoms with Crippen LogP contribution in [0.4, 0.5) is 0 Å². The Morgan fingerprint density at radius 2 is 2.13 bits per heavy atom. The second-order valence-electron chi connectivity index (χ2n) is 4.78. The molecule has 122 valence electrons. The molecular formula is C14H17N5O3S. The van der Waals surface area contributed by atoms with Crippen LogP contribution in [0.5, 0.6) is 0 Å². The molecule has 1 saturated heterocycles. The van der Waals surface area contributed by atoms with Gasteiger partial charge in [0, 0.05) is 19.8 Å². The highest BCUT2D eigenvalue weighted by atomic mass is 32.1. The first-order valence-corrected chi connectivity index (χ1v) is 7.47. The van der Waals surface area contributed by atoms with E-state index in [1.165, 1.54) is 23.2 Å². The Kier molecular flexibility index (Phi) is 5.22. The summed E-state index contributed by atoms with van der Waals surface area (Å²) >= 11 is 5.24. The number of hydrogen-bond donors (Lipinski definition) is 2. The summed E-state index contributed by atoms with van der Waals surface area (Å²) in [6.07, 6.45) is 1.39. The Balaban J connectivity index is 2.21. The number of amides is 3. The molecule has 23 heavy (non-hydrogen) atoms. The average Bonchev–Trinajstić information content (AvgIpc) is 2.79. The maximum absolute atomic E-state index is 12.4. The van der Waals surface area contributed by atoms with Crippen molar-refractivity contribution in [2.75, 3.05) is 13.6 Å². The Bertz CT molecular complexity index is 637. The predicted molar refractivity (Wildman–Crippen MR) is 86.0 cm³/mol. The molecule has 1 atom stereocenters. The van der Waals surface area contributed by atoms with Crippen LogP contribution in [-0.4, -0.2) is 57.4 Å². The SMILES string of the molecule is CCN1C(=O)C(CC(=O)NC)N(NC(=O)c2ccccn2)C1=S. The Morgan fingerprint density at radius 3 is 2.70 bits per heavy atom. The zero-order chi connectivity index (χ0) is 17.0. The van der Waals surface area contributed by atoms with Gasteiger partial charge in [-0.15, -0.1) is 0 Å². The summed E-state index contributed by atoms with van der Waals surface area (Å²) in [5.74, 6) is -1.13. The van der Waals surface area contributed by atoms with Crippen molar-refractivity contribution in [3.63, 3.8) is 0 Å². The number of rotatable bonds is 5. The normalized spacial score (nSPS) is 17.4. The van der Waals surface area contributed by atoms with Crippen molar-refractivity contribution in [2.24, 2.45) is 0 Å². The van der Waals surface area contributed by atoms with Crippen molar-refractivity contribution in [3.8, 4) is 0 Å². The van der Waals surface area contributed by atoms with Gasteiger partial charge in [-0.3, -0.25) is 29.7 Å². The van der Waals surface area contributed by atoms with Gasteiger partial charge in [0.25, 0.3) is 11.8 Å². The zero-order valence-electron chi connectivity index (χ0n) is 12.8. The van der Waals surface area contributed by atoms with Crippen molar-refractivity contribution in [3.05, 3.63) is 30.1 Å². The van der Waals surface area contributed by atoms with E-state index in [4.69, 9.17) is 12.2 Å². The molecule has 1 aromatic heterocycles. The van der Waals surface area contributed by atoms with E-state index >= 15 is 0 Å². The van der Waals surface area contributed by atoms with E-state index in [1.807, 2.05) is 0 Å². The fraction of sp³-hybridized carbons (Fsp3) is 0.357. The summed E-state index contributed by atoms with van der Waals surface area (Å²) in [6.45, 7) is 2.13. The van der Waals surface area contributed by atoms with Crippen molar-refractivity contribution >= 4 is 35.1 Å². The smallest absolute Gasteiger partial charge is 0.288 e. The molecule has 2 rings (SSSR count). The van der Waals surface area contributed by atoms with Gasteiger partial charge < -0.3 is 5.32 Å². The quantitative estimate of drug-likeness (QED) is 0.716. The molecular weight excluding hydrogens is 318 g/mol. The monoisotopic (exact) mass is 335 g/mol. The first kappa shape index (κ1) is 16.8. The van der Waals surface area contributed by atoms with E-state index in [2.05, 4.69) is 15.7 Å². The van der Waals surface area contributed by atoms with Gasteiger partial charge in [0.05, 0.1) is 6.42 Å². The third kappa shape index (κ3) is 3.45. The third-order valence-corrected chi connectivity index (χ3v) is 3.81. The lowest BCUT2D eigenvalue weighted by atomic mass is 10.2. The lowest BCUT2D eigenvalue weighted by molar-refractivity contribution is -0.132. The fourth-order valence-corrected chi connectivity index (χ4v) is 2.58. The van der Waals surface area contributed by atoms with E-state index in [-0.39, 0.29) is 29.0 Å². The van der Waals surface area contributed by atoms with Gasteiger partial charge in [-0.2, -0.15) is 0 Å². The van der Waals surface area contributed by atoms with Crippen LogP contribution in [0, 0.1) is 0 Å². The highest BCUT2D eigenvalue weighted by molar-refractivity contribution is 7.80. The van der Waals surface area contributed by atoms with E-state index in [9.17, 15) is 14.4 Å². The number of hydrogen-bond acceptors (Lipinski definition) is 5. The van der Waals surface area contributed by atoms with E-state index < -0.39 is 11.9 Å². The number of likely N-dealkylation sites (N-methyl/N-ethyl adjacent to an activating group) is 1. The van der Waals surface area contributed by atoms with Crippen molar-refractivity contribution in [1.29, 1.82) is 0 Å². The molecule has 1 unspecified atom stereocenters. The molecule has 2 heterocycles. The Hall–Kier alpha value is -2.55. The molecule has 0 spiro atoms. The number of carbonyl (C=O) groups excluding carboxylic acids is 3. The maximum Gasteiger partial charge on any atom is 0.288 e. The lowest BCUT2D eigenvalue weighted by Gasteiger charge is -2.23. The fourth-order valence-electron chi connectivity index (χ4n) is 2.18. The number of hydrazine groups is 1. The third-order valence-electron chi connectivity index (χ3n) is 3.39. The van der Waals surface area contributed by atoms with Crippen LogP contribution >= 0.6 is 12.2 Å². The average molecular weight is 335 g/mol. The zero-order valence-corrected chi connectivity index (χ0v) is 13.6. The van der Waals surface area contributed by atoms with Crippen LogP contribution in [0.2, 0.25) is 0 Å². The second kappa shape index (κ2) is 7.14. The van der Waals surface area contributed by atoms with Gasteiger partial charge in [-0.1, -0.05) is 6.07 Å². The maximum atomic E-state index is 12.4. The molecule has 0 saturated carbocycles. The Labute approximate surface area is 138 Å². The summed E-state index contributed by atoms with van der Waals surface area (Å²) in [6, 6.07) is 4.04. The summed E-state index contributed by atoms with van der Waals surface area (Å²) < 4.78 is 0. The van der Waals surface area contributed by atoms with Gasteiger partial charge in [0.1, 0.15) is 11.7 Å². The number of thiocarbonyl (C=S) groups is 1. The van der Waals surface area contributed by atoms with Gasteiger partial charge in [0.15, 0.2) is 5.11 Å². The molecule has 9 heteroatoms. The van der Waals surface area contributed by atoms with Crippen molar-refractivity contribution < 1.29 is 14.4 Å². The molecule has 1 aliphatic rings. The summed E-state index contributed by atoms with van der Waals surface area (Å²) in [5, 5.41) is 3.88. The van der Waals surface area contributed by atoms with Crippen molar-refractivity contribution in [1.82, 2.24) is 25.6 Å². The van der Waals surface area contributed by atoms with E-state index in [0.29, 0.717) is 6.54 Å². The lowest BCUT2D eigenvalue weighted by Crippen LogP contribution is -2.50. The molecule has 0 aromatic carbocycles.